The van der Waals surface area contributed by atoms with E-state index in [9.17, 15) is 4.79 Å². The molecule has 0 amide bonds. The number of allylic oxidation sites excluding steroid dienone is 1. The van der Waals surface area contributed by atoms with E-state index in [0.717, 1.165) is 5.56 Å². The van der Waals surface area contributed by atoms with Crippen molar-refractivity contribution in [3.63, 3.8) is 0 Å². The molecule has 150 valence electrons. The third-order valence-electron chi connectivity index (χ3n) is 4.43. The van der Waals surface area contributed by atoms with Crippen LogP contribution in [0.5, 0.6) is 23.0 Å². The summed E-state index contributed by atoms with van der Waals surface area (Å²) in [6.07, 6.45) is 1.82. The van der Waals surface area contributed by atoms with Crippen molar-refractivity contribution in [3.05, 3.63) is 47.0 Å². The fraction of sp³-hybridized carbons (Fsp3) is 0.318. The van der Waals surface area contributed by atoms with Gasteiger partial charge in [-0.3, -0.25) is 4.79 Å². The highest BCUT2D eigenvalue weighted by molar-refractivity contribution is 6.12. The van der Waals surface area contributed by atoms with Crippen molar-refractivity contribution < 1.29 is 23.7 Å². The number of methoxy groups -OCH3 is 4. The summed E-state index contributed by atoms with van der Waals surface area (Å²) in [7, 11) is 6.18. The molecule has 0 aliphatic rings. The molecule has 0 saturated carbocycles. The zero-order valence-electron chi connectivity index (χ0n) is 17.2. The highest BCUT2D eigenvalue weighted by Crippen LogP contribution is 2.41. The summed E-state index contributed by atoms with van der Waals surface area (Å²) in [5.41, 5.74) is 8.20. The second-order valence-electron chi connectivity index (χ2n) is 6.46. The molecule has 0 aromatic heterocycles. The van der Waals surface area contributed by atoms with E-state index in [0.29, 0.717) is 39.8 Å². The minimum absolute atomic E-state index is 0.0196. The Morgan fingerprint density at radius 3 is 2.07 bits per heavy atom. The molecule has 0 atom stereocenters. The normalized spacial score (nSPS) is 11.3. The summed E-state index contributed by atoms with van der Waals surface area (Å²) in [5, 5.41) is 0. The Balaban J connectivity index is 2.58. The summed E-state index contributed by atoms with van der Waals surface area (Å²) in [6.45, 7) is 3.93. The van der Waals surface area contributed by atoms with Crippen LogP contribution in [0.1, 0.15) is 29.8 Å². The molecule has 0 aliphatic heterocycles. The number of nitrogen functional groups attached to an aromatic ring is 1. The number of ether oxygens (including phenoxy) is 4. The Morgan fingerprint density at radius 2 is 1.54 bits per heavy atom. The minimum atomic E-state index is -0.106. The molecule has 0 radical (unpaired) electrons. The fourth-order valence-electron chi connectivity index (χ4n) is 2.92. The number of carbonyl (C=O) groups excluding carboxylic acids is 1. The van der Waals surface area contributed by atoms with E-state index in [1.54, 1.807) is 45.6 Å². The van der Waals surface area contributed by atoms with Gasteiger partial charge in [0.25, 0.3) is 0 Å². The first kappa shape index (κ1) is 21.2. The summed E-state index contributed by atoms with van der Waals surface area (Å²) < 4.78 is 21.5. The van der Waals surface area contributed by atoms with Crippen molar-refractivity contribution in [1.82, 2.24) is 0 Å². The molecule has 2 N–H and O–H groups in total. The van der Waals surface area contributed by atoms with Crippen LogP contribution >= 0.6 is 0 Å². The highest BCUT2D eigenvalue weighted by atomic mass is 16.5. The minimum Gasteiger partial charge on any atom is -0.495 e. The second-order valence-corrected chi connectivity index (χ2v) is 6.46. The van der Waals surface area contributed by atoms with Crippen molar-refractivity contribution in [1.29, 1.82) is 0 Å². The molecule has 0 saturated heterocycles. The van der Waals surface area contributed by atoms with Gasteiger partial charge in [0.1, 0.15) is 5.75 Å². The van der Waals surface area contributed by atoms with E-state index < -0.39 is 0 Å². The number of carbonyl (C=O) groups is 1. The van der Waals surface area contributed by atoms with E-state index in [1.165, 1.54) is 7.11 Å². The number of hydrogen-bond donors (Lipinski definition) is 1. The van der Waals surface area contributed by atoms with Gasteiger partial charge in [-0.1, -0.05) is 13.8 Å². The molecule has 6 nitrogen and oxygen atoms in total. The van der Waals surface area contributed by atoms with Gasteiger partial charge in [0.05, 0.1) is 34.1 Å². The van der Waals surface area contributed by atoms with Gasteiger partial charge in [-0.05, 0) is 42.3 Å². The smallest absolute Gasteiger partial charge is 0.203 e. The second kappa shape index (κ2) is 9.17. The van der Waals surface area contributed by atoms with Gasteiger partial charge in [-0.25, -0.2) is 0 Å². The van der Waals surface area contributed by atoms with Crippen LogP contribution in [0, 0.1) is 5.92 Å². The molecule has 0 aliphatic carbocycles. The average molecular weight is 385 g/mol. The molecular formula is C22H27NO5. The predicted molar refractivity (Wildman–Crippen MR) is 111 cm³/mol. The molecule has 28 heavy (non-hydrogen) atoms. The van der Waals surface area contributed by atoms with Crippen LogP contribution in [-0.2, 0) is 0 Å². The Morgan fingerprint density at radius 1 is 0.893 bits per heavy atom. The summed E-state index contributed by atoms with van der Waals surface area (Å²) in [6, 6.07) is 8.63. The molecule has 6 heteroatoms. The van der Waals surface area contributed by atoms with Gasteiger partial charge < -0.3 is 24.7 Å². The third-order valence-corrected chi connectivity index (χ3v) is 4.43. The summed E-state index contributed by atoms with van der Waals surface area (Å²) in [4.78, 5) is 13.2. The van der Waals surface area contributed by atoms with Crippen LogP contribution in [0.25, 0.3) is 6.08 Å². The molecule has 2 aromatic rings. The largest absolute Gasteiger partial charge is 0.495 e. The van der Waals surface area contributed by atoms with E-state index in [2.05, 4.69) is 0 Å². The zero-order valence-corrected chi connectivity index (χ0v) is 17.2. The van der Waals surface area contributed by atoms with Crippen molar-refractivity contribution >= 4 is 17.5 Å². The van der Waals surface area contributed by atoms with Gasteiger partial charge in [0.2, 0.25) is 5.75 Å². The lowest BCUT2D eigenvalue weighted by Gasteiger charge is -2.16. The van der Waals surface area contributed by atoms with Crippen LogP contribution in [0.15, 0.2) is 35.9 Å². The van der Waals surface area contributed by atoms with Gasteiger partial charge in [0.15, 0.2) is 17.3 Å². The molecule has 0 heterocycles. The van der Waals surface area contributed by atoms with Crippen LogP contribution < -0.4 is 24.7 Å². The van der Waals surface area contributed by atoms with Gasteiger partial charge in [-0.15, -0.1) is 0 Å². The maximum absolute atomic E-state index is 13.2. The average Bonchev–Trinajstić information content (AvgIpc) is 2.70. The predicted octanol–water partition coefficient (Wildman–Crippen LogP) is 4.23. The molecule has 0 fully saturated rings. The lowest BCUT2D eigenvalue weighted by atomic mass is 9.92. The first-order valence-electron chi connectivity index (χ1n) is 8.86. The van der Waals surface area contributed by atoms with Crippen molar-refractivity contribution in [3.8, 4) is 23.0 Å². The number of hydrogen-bond acceptors (Lipinski definition) is 6. The number of Topliss-reactive ketones (excluding diaryl/α,β-unsaturated/α-hetero) is 1. The SMILES string of the molecule is COc1cc(C(=O)C(=Cc2ccc(OC)c(OC)c2OC)C(C)C)ccc1N. The number of rotatable bonds is 8. The van der Waals surface area contributed by atoms with Gasteiger partial charge in [-0.2, -0.15) is 0 Å². The zero-order chi connectivity index (χ0) is 20.8. The molecule has 0 unspecified atom stereocenters. The van der Waals surface area contributed by atoms with E-state index in [-0.39, 0.29) is 11.7 Å². The van der Waals surface area contributed by atoms with Crippen LogP contribution in [0.3, 0.4) is 0 Å². The Bertz CT molecular complexity index is 887. The van der Waals surface area contributed by atoms with E-state index in [1.807, 2.05) is 26.0 Å². The summed E-state index contributed by atoms with van der Waals surface area (Å²) >= 11 is 0. The Labute approximate surface area is 165 Å². The molecule has 2 aromatic carbocycles. The highest BCUT2D eigenvalue weighted by Gasteiger charge is 2.20. The van der Waals surface area contributed by atoms with Crippen molar-refractivity contribution in [2.45, 2.75) is 13.8 Å². The lowest BCUT2D eigenvalue weighted by Crippen LogP contribution is -2.10. The van der Waals surface area contributed by atoms with Crippen molar-refractivity contribution in [2.75, 3.05) is 34.2 Å². The van der Waals surface area contributed by atoms with Gasteiger partial charge in [0, 0.05) is 16.7 Å². The van der Waals surface area contributed by atoms with E-state index >= 15 is 0 Å². The van der Waals surface area contributed by atoms with Gasteiger partial charge >= 0.3 is 0 Å². The monoisotopic (exact) mass is 385 g/mol. The Kier molecular flexibility index (Phi) is 6.93. The maximum Gasteiger partial charge on any atom is 0.203 e. The first-order chi connectivity index (χ1) is 13.4. The number of benzene rings is 2. The van der Waals surface area contributed by atoms with E-state index in [4.69, 9.17) is 24.7 Å². The van der Waals surface area contributed by atoms with Crippen LogP contribution in [0.4, 0.5) is 5.69 Å². The number of anilines is 1. The molecule has 2 rings (SSSR count). The molecule has 0 spiro atoms. The summed E-state index contributed by atoms with van der Waals surface area (Å²) in [5.74, 6) is 1.87. The van der Waals surface area contributed by atoms with Crippen LogP contribution in [-0.4, -0.2) is 34.2 Å². The quantitative estimate of drug-likeness (QED) is 0.416. The maximum atomic E-state index is 13.2. The molecule has 0 bridgehead atoms. The molecular weight excluding hydrogens is 358 g/mol. The topological polar surface area (TPSA) is 80.0 Å². The lowest BCUT2D eigenvalue weighted by molar-refractivity contribution is 0.102. The van der Waals surface area contributed by atoms with Crippen molar-refractivity contribution in [2.24, 2.45) is 5.92 Å². The Hall–Kier alpha value is -3.15. The third kappa shape index (κ3) is 4.22. The number of ketones is 1. The van der Waals surface area contributed by atoms with Crippen LogP contribution in [0.2, 0.25) is 0 Å². The standard InChI is InChI=1S/C22H27NO5/c1-13(2)16(20(24)14-7-9-17(23)19(12-14)26-4)11-15-8-10-18(25-3)22(28-6)21(15)27-5/h7-13H,23H2,1-6H3. The first-order valence-corrected chi connectivity index (χ1v) is 8.86. The fourth-order valence-corrected chi connectivity index (χ4v) is 2.92. The number of nitrogens with two attached hydrogens (primary N) is 1.